The van der Waals surface area contributed by atoms with Crippen LogP contribution in [-0.4, -0.2) is 22.0 Å². The number of hydrogen-bond acceptors (Lipinski definition) is 2. The standard InChI is InChI=1S/C17H15BrClN3O2/c18-13-3-1-10(7-14(13)19)21-17(24)22-11-2-4-15(22)12-8-20-16(23)6-9(12)5-11/h1,3,6-8,11,15H,2,4-5H2,(H,20,23)(H,21,24)/t11-,15+/m1/s1. The Kier molecular flexibility index (Phi) is 3.89. The first-order valence-corrected chi connectivity index (χ1v) is 8.96. The lowest BCUT2D eigenvalue weighted by Crippen LogP contribution is -2.44. The molecule has 0 spiro atoms. The number of nitrogens with zero attached hydrogens (tertiary/aromatic N) is 1. The minimum absolute atomic E-state index is 0.0153. The van der Waals surface area contributed by atoms with Crippen LogP contribution in [-0.2, 0) is 6.42 Å². The second-order valence-corrected chi connectivity index (χ2v) is 7.46. The molecule has 124 valence electrons. The number of hydrogen-bond donors (Lipinski definition) is 2. The van der Waals surface area contributed by atoms with Gasteiger partial charge in [-0.2, -0.15) is 0 Å². The summed E-state index contributed by atoms with van der Waals surface area (Å²) in [5, 5.41) is 3.49. The molecule has 1 fully saturated rings. The fourth-order valence-corrected chi connectivity index (χ4v) is 4.15. The number of pyridine rings is 1. The van der Waals surface area contributed by atoms with Gasteiger partial charge in [0, 0.05) is 28.5 Å². The summed E-state index contributed by atoms with van der Waals surface area (Å²) < 4.78 is 0.790. The number of aromatic nitrogens is 1. The predicted molar refractivity (Wildman–Crippen MR) is 96.5 cm³/mol. The van der Waals surface area contributed by atoms with Gasteiger partial charge in [0.05, 0.1) is 11.1 Å². The molecule has 3 heterocycles. The molecule has 0 unspecified atom stereocenters. The Morgan fingerprint density at radius 2 is 2.17 bits per heavy atom. The van der Waals surface area contributed by atoms with Crippen molar-refractivity contribution in [1.82, 2.24) is 9.88 Å². The normalized spacial score (nSPS) is 21.5. The van der Waals surface area contributed by atoms with Gasteiger partial charge < -0.3 is 15.2 Å². The van der Waals surface area contributed by atoms with E-state index < -0.39 is 0 Å². The molecule has 7 heteroatoms. The Morgan fingerprint density at radius 3 is 2.96 bits per heavy atom. The number of aromatic amines is 1. The van der Waals surface area contributed by atoms with Crippen LogP contribution in [0.2, 0.25) is 5.02 Å². The van der Waals surface area contributed by atoms with Crippen LogP contribution in [0.15, 0.2) is 39.7 Å². The third-order valence-electron chi connectivity index (χ3n) is 4.77. The van der Waals surface area contributed by atoms with Crippen LogP contribution in [0.25, 0.3) is 0 Å². The molecule has 0 saturated carbocycles. The fraction of sp³-hybridized carbons (Fsp3) is 0.294. The van der Waals surface area contributed by atoms with Crippen LogP contribution in [0.3, 0.4) is 0 Å². The maximum atomic E-state index is 12.8. The molecule has 2 aliphatic rings. The fourth-order valence-electron chi connectivity index (χ4n) is 3.72. The summed E-state index contributed by atoms with van der Waals surface area (Å²) in [6.07, 6.45) is 4.34. The van der Waals surface area contributed by atoms with Gasteiger partial charge in [-0.15, -0.1) is 0 Å². The van der Waals surface area contributed by atoms with Crippen molar-refractivity contribution >= 4 is 39.2 Å². The number of H-pyrrole nitrogens is 1. The van der Waals surface area contributed by atoms with E-state index in [4.69, 9.17) is 11.6 Å². The summed E-state index contributed by atoms with van der Waals surface area (Å²) in [7, 11) is 0. The number of benzene rings is 1. The largest absolute Gasteiger partial charge is 0.329 e. The molecule has 2 atom stereocenters. The quantitative estimate of drug-likeness (QED) is 0.746. The smallest absolute Gasteiger partial charge is 0.322 e. The summed E-state index contributed by atoms with van der Waals surface area (Å²) in [5.74, 6) is 0. The molecule has 1 saturated heterocycles. The summed E-state index contributed by atoms with van der Waals surface area (Å²) in [5.41, 5.74) is 2.68. The van der Waals surface area contributed by atoms with E-state index in [1.165, 1.54) is 0 Å². The number of halogens is 2. The second-order valence-electron chi connectivity index (χ2n) is 6.20. The van der Waals surface area contributed by atoms with Gasteiger partial charge in [0.2, 0.25) is 5.56 Å². The zero-order chi connectivity index (χ0) is 16.8. The molecular formula is C17H15BrClN3O2. The molecule has 5 nitrogen and oxygen atoms in total. The van der Waals surface area contributed by atoms with E-state index in [-0.39, 0.29) is 23.7 Å². The molecule has 0 aliphatic carbocycles. The number of nitrogens with one attached hydrogen (secondary N) is 2. The molecule has 24 heavy (non-hydrogen) atoms. The SMILES string of the molecule is O=C(Nc1ccc(Br)c(Cl)c1)N1[C@@H]2CC[C@H]1c1c[nH]c(=O)cc1C2. The van der Waals surface area contributed by atoms with Crippen molar-refractivity contribution in [3.05, 3.63) is 61.4 Å². The molecule has 4 rings (SSSR count). The number of urea groups is 1. The van der Waals surface area contributed by atoms with Crippen molar-refractivity contribution in [2.45, 2.75) is 31.3 Å². The lowest BCUT2D eigenvalue weighted by molar-refractivity contribution is 0.179. The molecule has 2 N–H and O–H groups in total. The Hall–Kier alpha value is -1.79. The zero-order valence-electron chi connectivity index (χ0n) is 12.7. The van der Waals surface area contributed by atoms with Gasteiger partial charge in [0.1, 0.15) is 0 Å². The van der Waals surface area contributed by atoms with E-state index in [1.807, 2.05) is 17.0 Å². The van der Waals surface area contributed by atoms with Gasteiger partial charge >= 0.3 is 6.03 Å². The van der Waals surface area contributed by atoms with Gasteiger partial charge in [-0.05, 0) is 64.5 Å². The summed E-state index contributed by atoms with van der Waals surface area (Å²) in [6, 6.07) is 7.02. The summed E-state index contributed by atoms with van der Waals surface area (Å²) in [6.45, 7) is 0. The minimum Gasteiger partial charge on any atom is -0.329 e. The average Bonchev–Trinajstić information content (AvgIpc) is 2.86. The van der Waals surface area contributed by atoms with E-state index in [0.717, 1.165) is 34.9 Å². The highest BCUT2D eigenvalue weighted by atomic mass is 79.9. The van der Waals surface area contributed by atoms with Crippen LogP contribution >= 0.6 is 27.5 Å². The number of carbonyl (C=O) groups is 1. The highest BCUT2D eigenvalue weighted by molar-refractivity contribution is 9.10. The Labute approximate surface area is 152 Å². The van der Waals surface area contributed by atoms with Gasteiger partial charge in [-0.25, -0.2) is 4.79 Å². The summed E-state index contributed by atoms with van der Waals surface area (Å²) >= 11 is 9.43. The van der Waals surface area contributed by atoms with Crippen LogP contribution in [0.5, 0.6) is 0 Å². The lowest BCUT2D eigenvalue weighted by atomic mass is 9.95. The van der Waals surface area contributed by atoms with E-state index in [1.54, 1.807) is 18.3 Å². The molecule has 2 amide bonds. The third-order valence-corrected chi connectivity index (χ3v) is 6.00. The van der Waals surface area contributed by atoms with Crippen molar-refractivity contribution in [3.8, 4) is 0 Å². The van der Waals surface area contributed by atoms with Crippen LogP contribution in [0.1, 0.15) is 30.0 Å². The van der Waals surface area contributed by atoms with E-state index in [9.17, 15) is 9.59 Å². The molecule has 1 aromatic carbocycles. The van der Waals surface area contributed by atoms with Crippen molar-refractivity contribution in [3.63, 3.8) is 0 Å². The van der Waals surface area contributed by atoms with E-state index in [0.29, 0.717) is 10.7 Å². The Balaban J connectivity index is 1.60. The number of carbonyl (C=O) groups excluding carboxylic acids is 1. The highest BCUT2D eigenvalue weighted by Crippen LogP contribution is 2.43. The molecule has 0 radical (unpaired) electrons. The van der Waals surface area contributed by atoms with Crippen molar-refractivity contribution in [2.24, 2.45) is 0 Å². The predicted octanol–water partition coefficient (Wildman–Crippen LogP) is 4.08. The Bertz CT molecular complexity index is 882. The number of anilines is 1. The molecule has 2 bridgehead atoms. The maximum Gasteiger partial charge on any atom is 0.322 e. The van der Waals surface area contributed by atoms with Crippen LogP contribution in [0.4, 0.5) is 10.5 Å². The van der Waals surface area contributed by atoms with E-state index in [2.05, 4.69) is 26.2 Å². The molecular weight excluding hydrogens is 394 g/mol. The maximum absolute atomic E-state index is 12.8. The first kappa shape index (κ1) is 15.7. The summed E-state index contributed by atoms with van der Waals surface area (Å²) in [4.78, 5) is 28.9. The van der Waals surface area contributed by atoms with Crippen LogP contribution in [0, 0.1) is 0 Å². The molecule has 1 aromatic heterocycles. The monoisotopic (exact) mass is 407 g/mol. The average molecular weight is 409 g/mol. The Morgan fingerprint density at radius 1 is 1.33 bits per heavy atom. The lowest BCUT2D eigenvalue weighted by Gasteiger charge is -2.36. The third kappa shape index (κ3) is 2.63. The van der Waals surface area contributed by atoms with Gasteiger partial charge in [-0.1, -0.05) is 11.6 Å². The van der Waals surface area contributed by atoms with Gasteiger partial charge in [-0.3, -0.25) is 4.79 Å². The van der Waals surface area contributed by atoms with Gasteiger partial charge in [0.15, 0.2) is 0 Å². The highest BCUT2D eigenvalue weighted by Gasteiger charge is 2.42. The van der Waals surface area contributed by atoms with E-state index >= 15 is 0 Å². The molecule has 2 aliphatic heterocycles. The first-order chi connectivity index (χ1) is 11.5. The first-order valence-electron chi connectivity index (χ1n) is 7.79. The number of amides is 2. The molecule has 2 aromatic rings. The van der Waals surface area contributed by atoms with Crippen molar-refractivity contribution in [1.29, 1.82) is 0 Å². The minimum atomic E-state index is -0.127. The van der Waals surface area contributed by atoms with Crippen molar-refractivity contribution in [2.75, 3.05) is 5.32 Å². The number of fused-ring (bicyclic) bond motifs is 4. The topological polar surface area (TPSA) is 65.2 Å². The van der Waals surface area contributed by atoms with Crippen LogP contribution < -0.4 is 10.9 Å². The zero-order valence-corrected chi connectivity index (χ0v) is 15.0. The van der Waals surface area contributed by atoms with Gasteiger partial charge in [0.25, 0.3) is 0 Å². The number of rotatable bonds is 1. The second kappa shape index (κ2) is 5.93. The van der Waals surface area contributed by atoms with Crippen molar-refractivity contribution < 1.29 is 4.79 Å².